The quantitative estimate of drug-likeness (QED) is 0.778. The van der Waals surface area contributed by atoms with Crippen molar-refractivity contribution in [3.05, 3.63) is 58.3 Å². The summed E-state index contributed by atoms with van der Waals surface area (Å²) in [4.78, 5) is 11.1. The van der Waals surface area contributed by atoms with Crippen LogP contribution in [0.1, 0.15) is 15.9 Å². The first-order chi connectivity index (χ1) is 8.88. The first kappa shape index (κ1) is 13.9. The van der Waals surface area contributed by atoms with E-state index in [4.69, 9.17) is 0 Å². The molecule has 1 heterocycles. The number of benzene rings is 1. The third-order valence-electron chi connectivity index (χ3n) is 2.58. The van der Waals surface area contributed by atoms with Crippen molar-refractivity contribution < 1.29 is 18.0 Å². The lowest BCUT2D eigenvalue weighted by Crippen LogP contribution is -2.22. The van der Waals surface area contributed by atoms with Gasteiger partial charge in [-0.25, -0.2) is 0 Å². The number of carbonyl (C=O) groups excluding carboxylic acids is 1. The van der Waals surface area contributed by atoms with Crippen LogP contribution in [0.5, 0.6) is 0 Å². The van der Waals surface area contributed by atoms with Crippen molar-refractivity contribution in [2.24, 2.45) is 0 Å². The van der Waals surface area contributed by atoms with Gasteiger partial charge in [-0.15, -0.1) is 0 Å². The number of nitrogens with zero attached hydrogens (tertiary/aromatic N) is 1. The van der Waals surface area contributed by atoms with Gasteiger partial charge in [-0.2, -0.15) is 13.2 Å². The minimum Gasteiger partial charge on any atom is -0.349 e. The second-order valence-electron chi connectivity index (χ2n) is 3.99. The molecule has 2 rings (SSSR count). The highest BCUT2D eigenvalue weighted by molar-refractivity contribution is 9.10. The minimum atomic E-state index is -4.83. The number of aromatic nitrogens is 1. The van der Waals surface area contributed by atoms with E-state index in [0.29, 0.717) is 6.54 Å². The largest absolute Gasteiger partial charge is 0.454 e. The summed E-state index contributed by atoms with van der Waals surface area (Å²) >= 11 is 3.36. The lowest BCUT2D eigenvalue weighted by Gasteiger charge is -2.05. The summed E-state index contributed by atoms with van der Waals surface area (Å²) < 4.78 is 39.2. The molecule has 0 radical (unpaired) electrons. The Balaban J connectivity index is 2.19. The van der Waals surface area contributed by atoms with E-state index in [1.807, 2.05) is 24.3 Å². The maximum absolute atomic E-state index is 12.3. The van der Waals surface area contributed by atoms with Crippen molar-refractivity contribution in [1.29, 1.82) is 0 Å². The molecule has 0 N–H and O–H groups in total. The van der Waals surface area contributed by atoms with Crippen LogP contribution in [-0.2, 0) is 6.54 Å². The van der Waals surface area contributed by atoms with E-state index in [9.17, 15) is 18.0 Å². The molecule has 0 spiro atoms. The summed E-state index contributed by atoms with van der Waals surface area (Å²) in [7, 11) is 0. The summed E-state index contributed by atoms with van der Waals surface area (Å²) in [5, 5.41) is 0. The lowest BCUT2D eigenvalue weighted by atomic mass is 10.2. The van der Waals surface area contributed by atoms with E-state index in [-0.39, 0.29) is 5.56 Å². The molecule has 100 valence electrons. The van der Waals surface area contributed by atoms with Gasteiger partial charge < -0.3 is 4.57 Å². The van der Waals surface area contributed by atoms with Crippen LogP contribution in [0.3, 0.4) is 0 Å². The molecule has 1 aromatic heterocycles. The van der Waals surface area contributed by atoms with E-state index < -0.39 is 12.0 Å². The summed E-state index contributed by atoms with van der Waals surface area (Å²) in [5.74, 6) is -1.82. The van der Waals surface area contributed by atoms with Gasteiger partial charge >= 0.3 is 6.18 Å². The molecule has 0 unspecified atom stereocenters. The molecular weight excluding hydrogens is 323 g/mol. The molecule has 2 nitrogen and oxygen atoms in total. The highest BCUT2D eigenvalue weighted by atomic mass is 79.9. The van der Waals surface area contributed by atoms with E-state index in [1.165, 1.54) is 18.5 Å². The van der Waals surface area contributed by atoms with Gasteiger partial charge in [0.2, 0.25) is 0 Å². The Hall–Kier alpha value is -1.56. The van der Waals surface area contributed by atoms with Crippen molar-refractivity contribution in [2.45, 2.75) is 12.7 Å². The van der Waals surface area contributed by atoms with Gasteiger partial charge in [-0.05, 0) is 17.7 Å². The Morgan fingerprint density at radius 3 is 2.53 bits per heavy atom. The predicted molar refractivity (Wildman–Crippen MR) is 68.1 cm³/mol. The van der Waals surface area contributed by atoms with Crippen LogP contribution in [0.15, 0.2) is 47.2 Å². The van der Waals surface area contributed by atoms with Crippen molar-refractivity contribution in [3.63, 3.8) is 0 Å². The molecule has 1 aromatic carbocycles. The molecule has 0 aliphatic carbocycles. The minimum absolute atomic E-state index is 0.348. The van der Waals surface area contributed by atoms with Crippen molar-refractivity contribution in [3.8, 4) is 0 Å². The third kappa shape index (κ3) is 3.26. The zero-order valence-electron chi connectivity index (χ0n) is 9.62. The first-order valence-electron chi connectivity index (χ1n) is 5.38. The predicted octanol–water partition coefficient (Wildman–Crippen LogP) is 4.04. The van der Waals surface area contributed by atoms with Crippen molar-refractivity contribution >= 4 is 21.7 Å². The van der Waals surface area contributed by atoms with Crippen LogP contribution in [0.4, 0.5) is 13.2 Å². The molecule has 0 fully saturated rings. The highest BCUT2D eigenvalue weighted by Crippen LogP contribution is 2.22. The second kappa shape index (κ2) is 5.21. The molecule has 0 aliphatic heterocycles. The molecule has 0 amide bonds. The SMILES string of the molecule is O=C(c1ccn(Cc2ccccc2Br)c1)C(F)(F)F. The summed E-state index contributed by atoms with van der Waals surface area (Å²) in [6.07, 6.45) is -2.17. The van der Waals surface area contributed by atoms with Crippen LogP contribution in [-0.4, -0.2) is 16.5 Å². The number of hydrogen-bond acceptors (Lipinski definition) is 1. The van der Waals surface area contributed by atoms with E-state index in [1.54, 1.807) is 4.57 Å². The second-order valence-corrected chi connectivity index (χ2v) is 4.85. The van der Waals surface area contributed by atoms with Crippen LogP contribution < -0.4 is 0 Å². The van der Waals surface area contributed by atoms with Crippen LogP contribution in [0.25, 0.3) is 0 Å². The fourth-order valence-corrected chi connectivity index (χ4v) is 2.07. The number of rotatable bonds is 3. The number of hydrogen-bond donors (Lipinski definition) is 0. The highest BCUT2D eigenvalue weighted by Gasteiger charge is 2.39. The summed E-state index contributed by atoms with van der Waals surface area (Å²) in [6.45, 7) is 0.395. The Morgan fingerprint density at radius 2 is 1.89 bits per heavy atom. The smallest absolute Gasteiger partial charge is 0.349 e. The standard InChI is InChI=1S/C13H9BrF3NO/c14-11-4-2-1-3-9(11)7-18-6-5-10(8-18)12(19)13(15,16)17/h1-6,8H,7H2. The average Bonchev–Trinajstić information content (AvgIpc) is 2.78. The molecule has 0 atom stereocenters. The molecule has 2 aromatic rings. The summed E-state index contributed by atoms with van der Waals surface area (Å²) in [6, 6.07) is 8.57. The molecule has 0 aliphatic rings. The molecule has 0 saturated carbocycles. The molecule has 0 saturated heterocycles. The first-order valence-corrected chi connectivity index (χ1v) is 6.18. The zero-order valence-corrected chi connectivity index (χ0v) is 11.2. The van der Waals surface area contributed by atoms with Gasteiger partial charge in [0.15, 0.2) is 0 Å². The maximum Gasteiger partial charge on any atom is 0.454 e. The topological polar surface area (TPSA) is 22.0 Å². The summed E-state index contributed by atoms with van der Waals surface area (Å²) in [5.41, 5.74) is 0.573. The van der Waals surface area contributed by atoms with Gasteiger partial charge in [-0.3, -0.25) is 4.79 Å². The fraction of sp³-hybridized carbons (Fsp3) is 0.154. The van der Waals surface area contributed by atoms with Crippen LogP contribution in [0, 0.1) is 0 Å². The van der Waals surface area contributed by atoms with Crippen LogP contribution in [0.2, 0.25) is 0 Å². The number of halogens is 4. The van der Waals surface area contributed by atoms with Gasteiger partial charge in [0.25, 0.3) is 5.78 Å². The van der Waals surface area contributed by atoms with Crippen molar-refractivity contribution in [1.82, 2.24) is 4.57 Å². The average molecular weight is 332 g/mol. The molecule has 19 heavy (non-hydrogen) atoms. The van der Waals surface area contributed by atoms with Gasteiger partial charge in [0, 0.05) is 29.0 Å². The van der Waals surface area contributed by atoms with Crippen molar-refractivity contribution in [2.75, 3.05) is 0 Å². The monoisotopic (exact) mass is 331 g/mol. The van der Waals surface area contributed by atoms with E-state index >= 15 is 0 Å². The maximum atomic E-state index is 12.3. The Kier molecular flexibility index (Phi) is 3.80. The molecule has 0 bridgehead atoms. The number of Topliss-reactive ketones (excluding diaryl/α,β-unsaturated/α-hetero) is 1. The number of ketones is 1. The van der Waals surface area contributed by atoms with E-state index in [0.717, 1.165) is 10.0 Å². The van der Waals surface area contributed by atoms with Crippen LogP contribution >= 0.6 is 15.9 Å². The molecule has 6 heteroatoms. The Bertz CT molecular complexity index is 604. The number of alkyl halides is 3. The van der Waals surface area contributed by atoms with Gasteiger partial charge in [0.1, 0.15) is 0 Å². The molecular formula is C13H9BrF3NO. The third-order valence-corrected chi connectivity index (χ3v) is 3.35. The lowest BCUT2D eigenvalue weighted by molar-refractivity contribution is -0.0885. The Labute approximate surface area is 116 Å². The Morgan fingerprint density at radius 1 is 1.21 bits per heavy atom. The zero-order chi connectivity index (χ0) is 14.0. The fourth-order valence-electron chi connectivity index (χ4n) is 1.66. The van der Waals surface area contributed by atoms with Gasteiger partial charge in [-0.1, -0.05) is 34.1 Å². The number of carbonyl (C=O) groups is 1. The normalized spacial score (nSPS) is 11.6. The van der Waals surface area contributed by atoms with E-state index in [2.05, 4.69) is 15.9 Å². The van der Waals surface area contributed by atoms with Gasteiger partial charge in [0.05, 0.1) is 0 Å².